The largest absolute Gasteiger partial charge is 0.484 e. The number of hydrogen-bond donors (Lipinski definition) is 0. The van der Waals surface area contributed by atoms with Crippen molar-refractivity contribution in [1.82, 2.24) is 9.88 Å². The summed E-state index contributed by atoms with van der Waals surface area (Å²) in [5.41, 5.74) is 1.08. The SMILES string of the molecule is CC1CN(C(=O)COc2ccnc(C3CC3)c2)CCO1. The maximum absolute atomic E-state index is 12.1. The Morgan fingerprint density at radius 3 is 3.15 bits per heavy atom. The van der Waals surface area contributed by atoms with E-state index in [2.05, 4.69) is 4.98 Å². The zero-order valence-electron chi connectivity index (χ0n) is 11.7. The topological polar surface area (TPSA) is 51.7 Å². The molecular weight excluding hydrogens is 256 g/mol. The van der Waals surface area contributed by atoms with Crippen molar-refractivity contribution in [3.05, 3.63) is 24.0 Å². The number of nitrogens with zero attached hydrogens (tertiary/aromatic N) is 2. The van der Waals surface area contributed by atoms with Crippen LogP contribution in [0.1, 0.15) is 31.4 Å². The molecule has 0 N–H and O–H groups in total. The predicted octanol–water partition coefficient (Wildman–Crippen LogP) is 1.59. The minimum Gasteiger partial charge on any atom is -0.484 e. The molecule has 2 heterocycles. The fourth-order valence-corrected chi connectivity index (χ4v) is 2.40. The van der Waals surface area contributed by atoms with E-state index in [1.165, 1.54) is 12.8 Å². The van der Waals surface area contributed by atoms with Gasteiger partial charge in [-0.3, -0.25) is 9.78 Å². The van der Waals surface area contributed by atoms with Crippen LogP contribution in [0.4, 0.5) is 0 Å². The molecule has 3 rings (SSSR count). The lowest BCUT2D eigenvalue weighted by molar-refractivity contribution is -0.140. The highest BCUT2D eigenvalue weighted by Gasteiger charge is 2.25. The molecule has 0 bridgehead atoms. The Hall–Kier alpha value is -1.62. The van der Waals surface area contributed by atoms with Crippen LogP contribution in [0, 0.1) is 0 Å². The Labute approximate surface area is 118 Å². The number of ether oxygens (including phenoxy) is 2. The molecule has 1 amide bonds. The number of pyridine rings is 1. The molecule has 0 aromatic carbocycles. The summed E-state index contributed by atoms with van der Waals surface area (Å²) in [7, 11) is 0. The third-order valence-corrected chi connectivity index (χ3v) is 3.70. The molecule has 1 saturated carbocycles. The molecular formula is C15H20N2O3. The van der Waals surface area contributed by atoms with E-state index >= 15 is 0 Å². The van der Waals surface area contributed by atoms with Crippen LogP contribution in [0.3, 0.4) is 0 Å². The van der Waals surface area contributed by atoms with E-state index in [-0.39, 0.29) is 18.6 Å². The molecule has 1 atom stereocenters. The Morgan fingerprint density at radius 2 is 2.40 bits per heavy atom. The van der Waals surface area contributed by atoms with Crippen molar-refractivity contribution in [2.24, 2.45) is 0 Å². The number of morpholine rings is 1. The van der Waals surface area contributed by atoms with Gasteiger partial charge in [0.05, 0.1) is 12.7 Å². The minimum atomic E-state index is 0.0185. The van der Waals surface area contributed by atoms with Crippen LogP contribution in [-0.4, -0.2) is 48.2 Å². The van der Waals surface area contributed by atoms with Gasteiger partial charge in [0.1, 0.15) is 5.75 Å². The number of carbonyl (C=O) groups excluding carboxylic acids is 1. The third-order valence-electron chi connectivity index (χ3n) is 3.70. The van der Waals surface area contributed by atoms with Gasteiger partial charge in [-0.15, -0.1) is 0 Å². The molecule has 5 heteroatoms. The summed E-state index contributed by atoms with van der Waals surface area (Å²) in [6, 6.07) is 3.76. The van der Waals surface area contributed by atoms with E-state index in [0.717, 1.165) is 11.4 Å². The van der Waals surface area contributed by atoms with Gasteiger partial charge >= 0.3 is 0 Å². The van der Waals surface area contributed by atoms with Crippen molar-refractivity contribution in [2.45, 2.75) is 31.8 Å². The first-order chi connectivity index (χ1) is 9.72. The Bertz CT molecular complexity index is 488. The van der Waals surface area contributed by atoms with Gasteiger partial charge in [0.15, 0.2) is 6.61 Å². The lowest BCUT2D eigenvalue weighted by Gasteiger charge is -2.31. The summed E-state index contributed by atoms with van der Waals surface area (Å²) in [4.78, 5) is 18.2. The van der Waals surface area contributed by atoms with E-state index in [4.69, 9.17) is 9.47 Å². The molecule has 20 heavy (non-hydrogen) atoms. The van der Waals surface area contributed by atoms with E-state index in [1.54, 1.807) is 17.2 Å². The van der Waals surface area contributed by atoms with Crippen LogP contribution in [0.15, 0.2) is 18.3 Å². The molecule has 1 aromatic heterocycles. The van der Waals surface area contributed by atoms with Crippen LogP contribution >= 0.6 is 0 Å². The first-order valence-electron chi connectivity index (χ1n) is 7.20. The fraction of sp³-hybridized carbons (Fsp3) is 0.600. The highest BCUT2D eigenvalue weighted by Crippen LogP contribution is 2.39. The van der Waals surface area contributed by atoms with E-state index in [1.807, 2.05) is 13.0 Å². The van der Waals surface area contributed by atoms with E-state index < -0.39 is 0 Å². The van der Waals surface area contributed by atoms with Crippen LogP contribution in [0.5, 0.6) is 5.75 Å². The quantitative estimate of drug-likeness (QED) is 0.838. The molecule has 5 nitrogen and oxygen atoms in total. The molecule has 108 valence electrons. The molecule has 2 aliphatic rings. The molecule has 1 unspecified atom stereocenters. The van der Waals surface area contributed by atoms with Crippen molar-refractivity contribution in [3.8, 4) is 5.75 Å². The minimum absolute atomic E-state index is 0.0185. The first kappa shape index (κ1) is 13.4. The Balaban J connectivity index is 1.53. The maximum Gasteiger partial charge on any atom is 0.260 e. The van der Waals surface area contributed by atoms with Crippen LogP contribution in [0.2, 0.25) is 0 Å². The van der Waals surface area contributed by atoms with Gasteiger partial charge in [-0.25, -0.2) is 0 Å². The Kier molecular flexibility index (Phi) is 3.87. The standard InChI is InChI=1S/C15H20N2O3/c1-11-9-17(6-7-19-11)15(18)10-20-13-4-5-16-14(8-13)12-2-3-12/h4-5,8,11-12H,2-3,6-7,9-10H2,1H3. The van der Waals surface area contributed by atoms with Gasteiger partial charge < -0.3 is 14.4 Å². The maximum atomic E-state index is 12.1. The van der Waals surface area contributed by atoms with Crippen molar-refractivity contribution in [3.63, 3.8) is 0 Å². The highest BCUT2D eigenvalue weighted by atomic mass is 16.5. The molecule has 0 spiro atoms. The summed E-state index contributed by atoms with van der Waals surface area (Å²) in [6.45, 7) is 3.96. The van der Waals surface area contributed by atoms with E-state index in [0.29, 0.717) is 25.6 Å². The lowest BCUT2D eigenvalue weighted by atomic mass is 10.2. The van der Waals surface area contributed by atoms with E-state index in [9.17, 15) is 4.79 Å². The van der Waals surface area contributed by atoms with Gasteiger partial charge in [-0.2, -0.15) is 0 Å². The van der Waals surface area contributed by atoms with Crippen molar-refractivity contribution in [1.29, 1.82) is 0 Å². The molecule has 1 aromatic rings. The monoisotopic (exact) mass is 276 g/mol. The third kappa shape index (κ3) is 3.28. The van der Waals surface area contributed by atoms with Gasteiger partial charge in [0.25, 0.3) is 5.91 Å². The molecule has 1 saturated heterocycles. The summed E-state index contributed by atoms with van der Waals surface area (Å²) in [5.74, 6) is 1.34. The average molecular weight is 276 g/mol. The van der Waals surface area contributed by atoms with Crippen LogP contribution in [-0.2, 0) is 9.53 Å². The Morgan fingerprint density at radius 1 is 1.55 bits per heavy atom. The summed E-state index contributed by atoms with van der Waals surface area (Å²) in [6.07, 6.45) is 4.28. The summed E-state index contributed by atoms with van der Waals surface area (Å²) >= 11 is 0. The van der Waals surface area contributed by atoms with Gasteiger partial charge in [0, 0.05) is 37.0 Å². The number of rotatable bonds is 4. The highest BCUT2D eigenvalue weighted by molar-refractivity contribution is 5.77. The predicted molar refractivity (Wildman–Crippen MR) is 73.7 cm³/mol. The number of aromatic nitrogens is 1. The average Bonchev–Trinajstić information content (AvgIpc) is 3.30. The van der Waals surface area contributed by atoms with Crippen molar-refractivity contribution < 1.29 is 14.3 Å². The molecule has 1 aliphatic heterocycles. The van der Waals surface area contributed by atoms with Gasteiger partial charge in [-0.1, -0.05) is 0 Å². The van der Waals surface area contributed by atoms with Crippen molar-refractivity contribution >= 4 is 5.91 Å². The molecule has 2 fully saturated rings. The number of amides is 1. The number of carbonyl (C=O) groups is 1. The molecule has 0 radical (unpaired) electrons. The lowest BCUT2D eigenvalue weighted by Crippen LogP contribution is -2.46. The summed E-state index contributed by atoms with van der Waals surface area (Å²) in [5, 5.41) is 0. The number of hydrogen-bond acceptors (Lipinski definition) is 4. The second kappa shape index (κ2) is 5.79. The van der Waals surface area contributed by atoms with Gasteiger partial charge in [-0.05, 0) is 25.8 Å². The molecule has 1 aliphatic carbocycles. The van der Waals surface area contributed by atoms with Crippen LogP contribution in [0.25, 0.3) is 0 Å². The van der Waals surface area contributed by atoms with Crippen molar-refractivity contribution in [2.75, 3.05) is 26.3 Å². The second-order valence-electron chi connectivity index (χ2n) is 5.50. The van der Waals surface area contributed by atoms with Gasteiger partial charge in [0.2, 0.25) is 0 Å². The van der Waals surface area contributed by atoms with Crippen LogP contribution < -0.4 is 4.74 Å². The zero-order valence-corrected chi connectivity index (χ0v) is 11.7. The fourth-order valence-electron chi connectivity index (χ4n) is 2.40. The first-order valence-corrected chi connectivity index (χ1v) is 7.20. The smallest absolute Gasteiger partial charge is 0.260 e. The second-order valence-corrected chi connectivity index (χ2v) is 5.50. The zero-order chi connectivity index (χ0) is 13.9. The summed E-state index contributed by atoms with van der Waals surface area (Å²) < 4.78 is 11.0. The normalized spacial score (nSPS) is 22.6.